The highest BCUT2D eigenvalue weighted by Gasteiger charge is 2.40. The van der Waals surface area contributed by atoms with E-state index in [-0.39, 0.29) is 24.1 Å². The Balaban J connectivity index is 1.56. The van der Waals surface area contributed by atoms with E-state index in [4.69, 9.17) is 4.74 Å². The van der Waals surface area contributed by atoms with Gasteiger partial charge in [0.15, 0.2) is 5.82 Å². The average molecular weight is 497 g/mol. The zero-order valence-electron chi connectivity index (χ0n) is 18.6. The number of anilines is 3. The fourth-order valence-electron chi connectivity index (χ4n) is 4.48. The van der Waals surface area contributed by atoms with E-state index < -0.39 is 23.5 Å². The van der Waals surface area contributed by atoms with Crippen molar-refractivity contribution in [3.8, 4) is 5.69 Å². The molecule has 0 bridgehead atoms. The van der Waals surface area contributed by atoms with Gasteiger partial charge in [-0.3, -0.25) is 0 Å². The highest BCUT2D eigenvalue weighted by molar-refractivity contribution is 5.73. The molecule has 3 aromatic rings. The lowest BCUT2D eigenvalue weighted by atomic mass is 10.1. The molecule has 186 valence electrons. The quantitative estimate of drug-likeness (QED) is 0.469. The third-order valence-corrected chi connectivity index (χ3v) is 6.13. The van der Waals surface area contributed by atoms with Gasteiger partial charge in [-0.15, -0.1) is 0 Å². The van der Waals surface area contributed by atoms with E-state index in [1.54, 1.807) is 23.9 Å². The summed E-state index contributed by atoms with van der Waals surface area (Å²) in [6.45, 7) is 4.45. The van der Waals surface area contributed by atoms with E-state index in [0.29, 0.717) is 55.7 Å². The van der Waals surface area contributed by atoms with Crippen LogP contribution in [-0.4, -0.2) is 47.6 Å². The Morgan fingerprint density at radius 3 is 2.31 bits per heavy atom. The number of benzene rings is 1. The van der Waals surface area contributed by atoms with Gasteiger partial charge in [-0.1, -0.05) is 0 Å². The van der Waals surface area contributed by atoms with Crippen LogP contribution in [0.4, 0.5) is 43.7 Å². The first-order valence-corrected chi connectivity index (χ1v) is 11.0. The summed E-state index contributed by atoms with van der Waals surface area (Å²) in [4.78, 5) is 7.87. The van der Waals surface area contributed by atoms with Crippen LogP contribution in [0, 0.1) is 6.92 Å². The van der Waals surface area contributed by atoms with E-state index in [1.165, 1.54) is 4.90 Å². The second-order valence-electron chi connectivity index (χ2n) is 8.43. The normalized spacial score (nSPS) is 16.7. The summed E-state index contributed by atoms with van der Waals surface area (Å²) in [5.41, 5.74) is -1.15. The molecule has 1 fully saturated rings. The Morgan fingerprint density at radius 1 is 0.886 bits per heavy atom. The lowest BCUT2D eigenvalue weighted by molar-refractivity contribution is -0.142. The number of halogens is 6. The van der Waals surface area contributed by atoms with E-state index in [0.717, 1.165) is 11.9 Å². The van der Waals surface area contributed by atoms with Crippen molar-refractivity contribution < 1.29 is 31.1 Å². The maximum absolute atomic E-state index is 13.8. The Kier molecular flexibility index (Phi) is 5.65. The molecule has 0 N–H and O–H groups in total. The summed E-state index contributed by atoms with van der Waals surface area (Å²) in [5.74, 6) is 1.04. The van der Waals surface area contributed by atoms with Crippen LogP contribution in [-0.2, 0) is 23.5 Å². The molecule has 0 spiro atoms. The van der Waals surface area contributed by atoms with Crippen LogP contribution >= 0.6 is 0 Å². The molecular formula is C23H21F6N5O. The first kappa shape index (κ1) is 23.5. The van der Waals surface area contributed by atoms with Crippen LogP contribution < -0.4 is 9.80 Å². The molecule has 0 atom stereocenters. The zero-order chi connectivity index (χ0) is 25.0. The molecule has 4 heterocycles. The third kappa shape index (κ3) is 4.42. The summed E-state index contributed by atoms with van der Waals surface area (Å²) in [6.07, 6.45) is -7.71. The molecule has 0 saturated carbocycles. The SMILES string of the molecule is Cc1cc(-n2ccc(N3CCOCC3)n2)c2c(n1)N(c1ccc(C(F)(F)F)cc1C(F)(F)F)CC2. The van der Waals surface area contributed by atoms with Gasteiger partial charge in [-0.25, -0.2) is 9.67 Å². The standard InChI is InChI=1S/C23H21F6N5O/c1-14-12-19(34-7-5-20(31-34)32-8-10-35-11-9-32)16-4-6-33(21(16)30-14)18-3-2-15(22(24,25)26)13-17(18)23(27,28)29/h2-3,5,7,12-13H,4,6,8-11H2,1H3. The number of morpholine rings is 1. The van der Waals surface area contributed by atoms with E-state index in [2.05, 4.69) is 15.0 Å². The van der Waals surface area contributed by atoms with Crippen molar-refractivity contribution in [1.82, 2.24) is 14.8 Å². The largest absolute Gasteiger partial charge is 0.418 e. The zero-order valence-corrected chi connectivity index (χ0v) is 18.6. The van der Waals surface area contributed by atoms with Crippen molar-refractivity contribution in [3.63, 3.8) is 0 Å². The van der Waals surface area contributed by atoms with Gasteiger partial charge in [0.05, 0.1) is 35.7 Å². The minimum atomic E-state index is -4.97. The van der Waals surface area contributed by atoms with Gasteiger partial charge in [-0.05, 0) is 37.6 Å². The van der Waals surface area contributed by atoms with Gasteiger partial charge < -0.3 is 14.5 Å². The molecule has 35 heavy (non-hydrogen) atoms. The third-order valence-electron chi connectivity index (χ3n) is 6.13. The number of hydrogen-bond acceptors (Lipinski definition) is 5. The summed E-state index contributed by atoms with van der Waals surface area (Å²) in [6, 6.07) is 5.36. The lowest BCUT2D eigenvalue weighted by Gasteiger charge is -2.26. The number of rotatable bonds is 3. The summed E-state index contributed by atoms with van der Waals surface area (Å²) in [5, 5.41) is 4.65. The predicted molar refractivity (Wildman–Crippen MR) is 116 cm³/mol. The molecule has 5 rings (SSSR count). The first-order chi connectivity index (χ1) is 16.5. The summed E-state index contributed by atoms with van der Waals surface area (Å²) in [7, 11) is 0. The fourth-order valence-corrected chi connectivity index (χ4v) is 4.48. The Bertz CT molecular complexity index is 1250. The van der Waals surface area contributed by atoms with E-state index in [1.807, 2.05) is 6.07 Å². The minimum Gasteiger partial charge on any atom is -0.378 e. The van der Waals surface area contributed by atoms with Crippen molar-refractivity contribution in [3.05, 3.63) is 58.9 Å². The van der Waals surface area contributed by atoms with Crippen molar-refractivity contribution >= 4 is 17.3 Å². The van der Waals surface area contributed by atoms with Gasteiger partial charge in [0.2, 0.25) is 0 Å². The smallest absolute Gasteiger partial charge is 0.378 e. The average Bonchev–Trinajstić information content (AvgIpc) is 3.45. The molecule has 12 heteroatoms. The fraction of sp³-hybridized carbons (Fsp3) is 0.391. The maximum atomic E-state index is 13.8. The topological polar surface area (TPSA) is 46.4 Å². The van der Waals surface area contributed by atoms with Gasteiger partial charge in [-0.2, -0.15) is 31.4 Å². The van der Waals surface area contributed by atoms with E-state index >= 15 is 0 Å². The van der Waals surface area contributed by atoms with Crippen molar-refractivity contribution in [1.29, 1.82) is 0 Å². The Labute approximate surface area is 196 Å². The maximum Gasteiger partial charge on any atom is 0.418 e. The van der Waals surface area contributed by atoms with Gasteiger partial charge in [0.25, 0.3) is 0 Å². The number of hydrogen-bond donors (Lipinski definition) is 0. The molecule has 2 aliphatic heterocycles. The molecule has 6 nitrogen and oxygen atoms in total. The van der Waals surface area contributed by atoms with Crippen LogP contribution in [0.2, 0.25) is 0 Å². The molecule has 2 aromatic heterocycles. The van der Waals surface area contributed by atoms with Gasteiger partial charge in [0.1, 0.15) is 5.82 Å². The second-order valence-corrected chi connectivity index (χ2v) is 8.43. The molecule has 0 radical (unpaired) electrons. The van der Waals surface area contributed by atoms with Crippen LogP contribution in [0.25, 0.3) is 5.69 Å². The Morgan fingerprint density at radius 2 is 1.63 bits per heavy atom. The number of nitrogens with zero attached hydrogens (tertiary/aromatic N) is 5. The molecule has 0 unspecified atom stereocenters. The molecule has 1 aromatic carbocycles. The number of pyridine rings is 1. The first-order valence-electron chi connectivity index (χ1n) is 11.0. The number of alkyl halides is 6. The number of aromatic nitrogens is 3. The highest BCUT2D eigenvalue weighted by atomic mass is 19.4. The molecular weight excluding hydrogens is 476 g/mol. The van der Waals surface area contributed by atoms with Crippen LogP contribution in [0.5, 0.6) is 0 Å². The highest BCUT2D eigenvalue weighted by Crippen LogP contribution is 2.45. The van der Waals surface area contributed by atoms with Crippen LogP contribution in [0.15, 0.2) is 36.5 Å². The van der Waals surface area contributed by atoms with Crippen molar-refractivity contribution in [2.45, 2.75) is 25.7 Å². The molecule has 0 amide bonds. The van der Waals surface area contributed by atoms with Crippen molar-refractivity contribution in [2.24, 2.45) is 0 Å². The van der Waals surface area contributed by atoms with E-state index in [9.17, 15) is 26.3 Å². The lowest BCUT2D eigenvalue weighted by Crippen LogP contribution is -2.36. The Hall–Kier alpha value is -3.28. The predicted octanol–water partition coefficient (Wildman–Crippen LogP) is 5.14. The summed E-state index contributed by atoms with van der Waals surface area (Å²) >= 11 is 0. The van der Waals surface area contributed by atoms with Crippen LogP contribution in [0.1, 0.15) is 22.4 Å². The van der Waals surface area contributed by atoms with Crippen LogP contribution in [0.3, 0.4) is 0 Å². The molecule has 1 saturated heterocycles. The number of ether oxygens (including phenoxy) is 1. The second kappa shape index (κ2) is 8.43. The number of fused-ring (bicyclic) bond motifs is 1. The monoisotopic (exact) mass is 497 g/mol. The summed E-state index contributed by atoms with van der Waals surface area (Å²) < 4.78 is 87.8. The van der Waals surface area contributed by atoms with Crippen molar-refractivity contribution in [2.75, 3.05) is 42.6 Å². The van der Waals surface area contributed by atoms with Gasteiger partial charge in [0, 0.05) is 43.2 Å². The number of aryl methyl sites for hydroxylation is 1. The molecule has 2 aliphatic rings. The molecule has 0 aliphatic carbocycles. The minimum absolute atomic E-state index is 0.144. The van der Waals surface area contributed by atoms with Gasteiger partial charge >= 0.3 is 12.4 Å².